The SMILES string of the molecule is O=C(O)[C@@H](c1cccc(Cl)c1)N1CCCC1. The van der Waals surface area contributed by atoms with Crippen LogP contribution < -0.4 is 0 Å². The molecule has 1 saturated heterocycles. The zero-order valence-electron chi connectivity index (χ0n) is 8.90. The Morgan fingerprint density at radius 2 is 2.06 bits per heavy atom. The Kier molecular flexibility index (Phi) is 3.46. The van der Waals surface area contributed by atoms with Gasteiger partial charge in [0.25, 0.3) is 0 Å². The minimum atomic E-state index is -0.802. The van der Waals surface area contributed by atoms with Crippen molar-refractivity contribution in [2.45, 2.75) is 18.9 Å². The quantitative estimate of drug-likeness (QED) is 0.881. The molecule has 0 radical (unpaired) electrons. The molecule has 1 atom stereocenters. The Morgan fingerprint density at radius 3 is 2.62 bits per heavy atom. The van der Waals surface area contributed by atoms with E-state index >= 15 is 0 Å². The summed E-state index contributed by atoms with van der Waals surface area (Å²) in [5, 5.41) is 9.88. The second-order valence-corrected chi connectivity index (χ2v) is 4.48. The van der Waals surface area contributed by atoms with E-state index in [2.05, 4.69) is 0 Å². The van der Waals surface area contributed by atoms with Gasteiger partial charge >= 0.3 is 5.97 Å². The van der Waals surface area contributed by atoms with E-state index in [4.69, 9.17) is 11.6 Å². The molecular weight excluding hydrogens is 226 g/mol. The van der Waals surface area contributed by atoms with Crippen LogP contribution in [0, 0.1) is 0 Å². The number of carboxylic acids is 1. The highest BCUT2D eigenvalue weighted by molar-refractivity contribution is 6.30. The largest absolute Gasteiger partial charge is 0.480 e. The topological polar surface area (TPSA) is 40.5 Å². The number of carbonyl (C=O) groups is 1. The van der Waals surface area contributed by atoms with Crippen molar-refractivity contribution in [2.24, 2.45) is 0 Å². The molecule has 2 rings (SSSR count). The summed E-state index contributed by atoms with van der Waals surface area (Å²) in [6.45, 7) is 1.70. The highest BCUT2D eigenvalue weighted by Gasteiger charge is 2.29. The van der Waals surface area contributed by atoms with Gasteiger partial charge in [-0.25, -0.2) is 0 Å². The number of benzene rings is 1. The molecule has 0 unspecified atom stereocenters. The maximum absolute atomic E-state index is 11.3. The molecule has 1 aromatic rings. The van der Waals surface area contributed by atoms with Crippen molar-refractivity contribution in [1.29, 1.82) is 0 Å². The van der Waals surface area contributed by atoms with Gasteiger partial charge in [-0.1, -0.05) is 23.7 Å². The molecule has 3 nitrogen and oxygen atoms in total. The van der Waals surface area contributed by atoms with Gasteiger partial charge < -0.3 is 5.11 Å². The van der Waals surface area contributed by atoms with Crippen LogP contribution in [0.25, 0.3) is 0 Å². The van der Waals surface area contributed by atoms with Crippen LogP contribution in [0.5, 0.6) is 0 Å². The maximum Gasteiger partial charge on any atom is 0.325 e. The second kappa shape index (κ2) is 4.85. The van der Waals surface area contributed by atoms with Gasteiger partial charge in [0.2, 0.25) is 0 Å². The number of halogens is 1. The van der Waals surface area contributed by atoms with Gasteiger partial charge in [0.05, 0.1) is 0 Å². The molecule has 1 aromatic carbocycles. The average Bonchev–Trinajstić information content (AvgIpc) is 2.71. The fourth-order valence-electron chi connectivity index (χ4n) is 2.19. The van der Waals surface area contributed by atoms with Gasteiger partial charge in [0, 0.05) is 5.02 Å². The van der Waals surface area contributed by atoms with Crippen molar-refractivity contribution in [1.82, 2.24) is 4.90 Å². The van der Waals surface area contributed by atoms with Gasteiger partial charge in [-0.3, -0.25) is 9.69 Å². The molecule has 0 saturated carbocycles. The maximum atomic E-state index is 11.3. The standard InChI is InChI=1S/C12H14ClNO2/c13-10-5-3-4-9(8-10)11(12(15)16)14-6-1-2-7-14/h3-5,8,11H,1-2,6-7H2,(H,15,16)/t11-/m1/s1. The molecule has 0 amide bonds. The number of aliphatic carboxylic acids is 1. The summed E-state index contributed by atoms with van der Waals surface area (Å²) >= 11 is 5.89. The van der Waals surface area contributed by atoms with E-state index in [1.807, 2.05) is 11.0 Å². The molecular formula is C12H14ClNO2. The van der Waals surface area contributed by atoms with Gasteiger partial charge in [0.15, 0.2) is 0 Å². The van der Waals surface area contributed by atoms with Crippen LogP contribution in [-0.4, -0.2) is 29.1 Å². The fraction of sp³-hybridized carbons (Fsp3) is 0.417. The molecule has 0 aromatic heterocycles. The molecule has 0 aliphatic carbocycles. The lowest BCUT2D eigenvalue weighted by atomic mass is 10.1. The first-order valence-corrected chi connectivity index (χ1v) is 5.78. The van der Waals surface area contributed by atoms with Crippen LogP contribution in [0.4, 0.5) is 0 Å². The minimum Gasteiger partial charge on any atom is -0.480 e. The summed E-state index contributed by atoms with van der Waals surface area (Å²) in [5.74, 6) is -0.802. The molecule has 16 heavy (non-hydrogen) atoms. The van der Waals surface area contributed by atoms with Gasteiger partial charge in [-0.15, -0.1) is 0 Å². The lowest BCUT2D eigenvalue weighted by Gasteiger charge is -2.24. The minimum absolute atomic E-state index is 0.554. The second-order valence-electron chi connectivity index (χ2n) is 4.04. The number of rotatable bonds is 3. The van der Waals surface area contributed by atoms with Crippen molar-refractivity contribution in [2.75, 3.05) is 13.1 Å². The van der Waals surface area contributed by atoms with Gasteiger partial charge in [0.1, 0.15) is 6.04 Å². The van der Waals surface area contributed by atoms with E-state index in [0.717, 1.165) is 31.5 Å². The highest BCUT2D eigenvalue weighted by atomic mass is 35.5. The van der Waals surface area contributed by atoms with Crippen LogP contribution in [0.3, 0.4) is 0 Å². The number of nitrogens with zero attached hydrogens (tertiary/aromatic N) is 1. The molecule has 1 N–H and O–H groups in total. The molecule has 4 heteroatoms. The summed E-state index contributed by atoms with van der Waals surface area (Å²) < 4.78 is 0. The Balaban J connectivity index is 2.28. The predicted molar refractivity (Wildman–Crippen MR) is 62.6 cm³/mol. The van der Waals surface area contributed by atoms with Crippen LogP contribution in [0.1, 0.15) is 24.4 Å². The molecule has 1 heterocycles. The molecule has 1 fully saturated rings. The third kappa shape index (κ3) is 2.36. The Hall–Kier alpha value is -1.06. The van der Waals surface area contributed by atoms with E-state index in [-0.39, 0.29) is 0 Å². The predicted octanol–water partition coefficient (Wildman–Crippen LogP) is 2.56. The molecule has 1 aliphatic heterocycles. The Bertz CT molecular complexity index is 388. The van der Waals surface area contributed by atoms with Crippen LogP contribution in [-0.2, 0) is 4.79 Å². The number of hydrogen-bond donors (Lipinski definition) is 1. The van der Waals surface area contributed by atoms with Crippen molar-refractivity contribution in [3.05, 3.63) is 34.9 Å². The summed E-state index contributed by atoms with van der Waals surface area (Å²) in [5.41, 5.74) is 0.766. The third-order valence-electron chi connectivity index (χ3n) is 2.90. The number of hydrogen-bond acceptors (Lipinski definition) is 2. The van der Waals surface area contributed by atoms with Crippen LogP contribution in [0.15, 0.2) is 24.3 Å². The van der Waals surface area contributed by atoms with E-state index < -0.39 is 12.0 Å². The van der Waals surface area contributed by atoms with E-state index in [0.29, 0.717) is 5.02 Å². The number of likely N-dealkylation sites (tertiary alicyclic amines) is 1. The molecule has 0 spiro atoms. The molecule has 0 bridgehead atoms. The fourth-order valence-corrected chi connectivity index (χ4v) is 2.38. The monoisotopic (exact) mass is 239 g/mol. The summed E-state index contributed by atoms with van der Waals surface area (Å²) in [6, 6.07) is 6.56. The number of carboxylic acid groups (broad SMARTS) is 1. The summed E-state index contributed by atoms with van der Waals surface area (Å²) in [7, 11) is 0. The van der Waals surface area contributed by atoms with Crippen molar-refractivity contribution < 1.29 is 9.90 Å². The van der Waals surface area contributed by atoms with Gasteiger partial charge in [-0.2, -0.15) is 0 Å². The third-order valence-corrected chi connectivity index (χ3v) is 3.14. The lowest BCUT2D eigenvalue weighted by Crippen LogP contribution is -2.31. The van der Waals surface area contributed by atoms with Crippen molar-refractivity contribution in [3.63, 3.8) is 0 Å². The first-order chi connectivity index (χ1) is 7.68. The van der Waals surface area contributed by atoms with E-state index in [1.54, 1.807) is 18.2 Å². The zero-order chi connectivity index (χ0) is 11.5. The highest BCUT2D eigenvalue weighted by Crippen LogP contribution is 2.26. The van der Waals surface area contributed by atoms with E-state index in [9.17, 15) is 9.90 Å². The van der Waals surface area contributed by atoms with E-state index in [1.165, 1.54) is 0 Å². The molecule has 86 valence electrons. The van der Waals surface area contributed by atoms with Gasteiger partial charge in [-0.05, 0) is 43.6 Å². The average molecular weight is 240 g/mol. The van der Waals surface area contributed by atoms with Crippen molar-refractivity contribution >= 4 is 17.6 Å². The molecule has 1 aliphatic rings. The lowest BCUT2D eigenvalue weighted by molar-refractivity contribution is -0.143. The Morgan fingerprint density at radius 1 is 1.38 bits per heavy atom. The zero-order valence-corrected chi connectivity index (χ0v) is 9.65. The summed E-state index contributed by atoms with van der Waals surface area (Å²) in [4.78, 5) is 13.3. The normalized spacial score (nSPS) is 18.6. The van der Waals surface area contributed by atoms with Crippen LogP contribution in [0.2, 0.25) is 5.02 Å². The summed E-state index contributed by atoms with van der Waals surface area (Å²) in [6.07, 6.45) is 2.15. The van der Waals surface area contributed by atoms with Crippen LogP contribution >= 0.6 is 11.6 Å². The first kappa shape index (κ1) is 11.4. The first-order valence-electron chi connectivity index (χ1n) is 5.41. The Labute approximate surface area is 99.6 Å². The smallest absolute Gasteiger partial charge is 0.325 e. The van der Waals surface area contributed by atoms with Crippen molar-refractivity contribution in [3.8, 4) is 0 Å².